The zero-order valence-corrected chi connectivity index (χ0v) is 15.5. The van der Waals surface area contributed by atoms with E-state index in [9.17, 15) is 4.79 Å². The van der Waals surface area contributed by atoms with Crippen molar-refractivity contribution in [2.75, 3.05) is 39.8 Å². The van der Waals surface area contributed by atoms with Crippen molar-refractivity contribution in [3.8, 4) is 0 Å². The van der Waals surface area contributed by atoms with Gasteiger partial charge in [-0.2, -0.15) is 5.10 Å². The molecule has 0 saturated carbocycles. The van der Waals surface area contributed by atoms with Crippen molar-refractivity contribution in [3.63, 3.8) is 0 Å². The van der Waals surface area contributed by atoms with E-state index >= 15 is 0 Å². The molecule has 1 spiro atoms. The van der Waals surface area contributed by atoms with Crippen LogP contribution in [0.3, 0.4) is 0 Å². The van der Waals surface area contributed by atoms with E-state index in [1.165, 1.54) is 0 Å². The Balaban J connectivity index is 1.71. The standard InChI is InChI=1S/C18H30N6O/c1-4-9-23-10-8-18(7-6-17(23)25)14-22(12-11-21(18)3)13-16-19-15-20-24(16)5-2/h4,15H,1,5-14H2,2-3H3/t18-/m0/s1. The Morgan fingerprint density at radius 2 is 2.16 bits per heavy atom. The van der Waals surface area contributed by atoms with Crippen molar-refractivity contribution in [2.45, 2.75) is 44.8 Å². The second kappa shape index (κ2) is 7.66. The lowest BCUT2D eigenvalue weighted by Crippen LogP contribution is -2.60. The van der Waals surface area contributed by atoms with E-state index in [-0.39, 0.29) is 11.4 Å². The first-order valence-corrected chi connectivity index (χ1v) is 9.27. The number of nitrogens with zero attached hydrogens (tertiary/aromatic N) is 6. The summed E-state index contributed by atoms with van der Waals surface area (Å²) in [6, 6.07) is 0. The molecule has 1 aromatic heterocycles. The van der Waals surface area contributed by atoms with Gasteiger partial charge in [-0.15, -0.1) is 6.58 Å². The molecule has 2 aliphatic rings. The summed E-state index contributed by atoms with van der Waals surface area (Å²) in [4.78, 5) is 23.7. The van der Waals surface area contributed by atoms with E-state index in [4.69, 9.17) is 0 Å². The van der Waals surface area contributed by atoms with Gasteiger partial charge in [0, 0.05) is 51.2 Å². The van der Waals surface area contributed by atoms with E-state index in [0.717, 1.165) is 57.9 Å². The third-order valence-electron chi connectivity index (χ3n) is 5.79. The molecule has 3 rings (SSSR count). The second-order valence-electron chi connectivity index (χ2n) is 7.23. The molecule has 0 bridgehead atoms. The molecule has 2 aliphatic heterocycles. The number of carbonyl (C=O) groups is 1. The number of amides is 1. The smallest absolute Gasteiger partial charge is 0.222 e. The maximum Gasteiger partial charge on any atom is 0.222 e. The van der Waals surface area contributed by atoms with Crippen LogP contribution in [0.4, 0.5) is 0 Å². The molecule has 1 aromatic rings. The number of hydrogen-bond donors (Lipinski definition) is 0. The Labute approximate surface area is 150 Å². The number of likely N-dealkylation sites (N-methyl/N-ethyl adjacent to an activating group) is 1. The molecule has 0 aromatic carbocycles. The van der Waals surface area contributed by atoms with Crippen LogP contribution in [0.2, 0.25) is 0 Å². The molecule has 7 heteroatoms. The molecule has 1 amide bonds. The molecule has 138 valence electrons. The number of likely N-dealkylation sites (tertiary alicyclic amines) is 1. The average Bonchev–Trinajstić information content (AvgIpc) is 3.00. The summed E-state index contributed by atoms with van der Waals surface area (Å²) in [7, 11) is 2.21. The van der Waals surface area contributed by atoms with E-state index in [1.54, 1.807) is 6.33 Å². The first-order chi connectivity index (χ1) is 12.1. The number of piperazine rings is 1. The van der Waals surface area contributed by atoms with Crippen LogP contribution >= 0.6 is 0 Å². The highest BCUT2D eigenvalue weighted by molar-refractivity contribution is 5.76. The van der Waals surface area contributed by atoms with Crippen LogP contribution in [-0.4, -0.2) is 80.7 Å². The van der Waals surface area contributed by atoms with Crippen LogP contribution in [0.25, 0.3) is 0 Å². The zero-order chi connectivity index (χ0) is 17.9. The Bertz CT molecular complexity index is 614. The zero-order valence-electron chi connectivity index (χ0n) is 15.5. The summed E-state index contributed by atoms with van der Waals surface area (Å²) < 4.78 is 1.97. The Kier molecular flexibility index (Phi) is 5.54. The van der Waals surface area contributed by atoms with Crippen molar-refractivity contribution >= 4 is 5.91 Å². The number of aryl methyl sites for hydroxylation is 1. The van der Waals surface area contributed by atoms with E-state index in [0.29, 0.717) is 13.0 Å². The van der Waals surface area contributed by atoms with Crippen molar-refractivity contribution in [2.24, 2.45) is 0 Å². The lowest BCUT2D eigenvalue weighted by Gasteiger charge is -2.49. The first-order valence-electron chi connectivity index (χ1n) is 9.27. The van der Waals surface area contributed by atoms with Crippen molar-refractivity contribution < 1.29 is 4.79 Å². The molecular formula is C18H30N6O. The second-order valence-corrected chi connectivity index (χ2v) is 7.23. The van der Waals surface area contributed by atoms with Crippen molar-refractivity contribution in [3.05, 3.63) is 24.8 Å². The van der Waals surface area contributed by atoms with Gasteiger partial charge in [0.2, 0.25) is 5.91 Å². The van der Waals surface area contributed by atoms with Crippen LogP contribution in [-0.2, 0) is 17.9 Å². The summed E-state index contributed by atoms with van der Waals surface area (Å²) in [6.45, 7) is 12.0. The van der Waals surface area contributed by atoms with Gasteiger partial charge in [-0.25, -0.2) is 9.67 Å². The molecule has 0 aliphatic carbocycles. The molecule has 25 heavy (non-hydrogen) atoms. The van der Waals surface area contributed by atoms with Gasteiger partial charge < -0.3 is 4.90 Å². The lowest BCUT2D eigenvalue weighted by atomic mass is 9.86. The maximum atomic E-state index is 12.4. The summed E-state index contributed by atoms with van der Waals surface area (Å²) in [5.74, 6) is 1.29. The predicted molar refractivity (Wildman–Crippen MR) is 97.0 cm³/mol. The summed E-state index contributed by atoms with van der Waals surface area (Å²) >= 11 is 0. The van der Waals surface area contributed by atoms with Gasteiger partial charge in [-0.05, 0) is 26.8 Å². The maximum absolute atomic E-state index is 12.4. The van der Waals surface area contributed by atoms with E-state index in [1.807, 2.05) is 15.7 Å². The molecular weight excluding hydrogens is 316 g/mol. The highest BCUT2D eigenvalue weighted by atomic mass is 16.2. The third kappa shape index (κ3) is 3.77. The van der Waals surface area contributed by atoms with E-state index in [2.05, 4.69) is 40.4 Å². The van der Waals surface area contributed by atoms with Gasteiger partial charge in [0.15, 0.2) is 0 Å². The van der Waals surface area contributed by atoms with Crippen molar-refractivity contribution in [1.29, 1.82) is 0 Å². The van der Waals surface area contributed by atoms with E-state index < -0.39 is 0 Å². The normalized spacial score (nSPS) is 26.2. The van der Waals surface area contributed by atoms with Gasteiger partial charge in [0.1, 0.15) is 12.2 Å². The fourth-order valence-corrected chi connectivity index (χ4v) is 4.13. The van der Waals surface area contributed by atoms with Crippen molar-refractivity contribution in [1.82, 2.24) is 29.5 Å². The Morgan fingerprint density at radius 1 is 1.32 bits per heavy atom. The van der Waals surface area contributed by atoms with Crippen LogP contribution < -0.4 is 0 Å². The summed E-state index contributed by atoms with van der Waals surface area (Å²) in [5, 5.41) is 4.28. The molecule has 0 unspecified atom stereocenters. The lowest BCUT2D eigenvalue weighted by molar-refractivity contribution is -0.130. The number of hydrogen-bond acceptors (Lipinski definition) is 5. The molecule has 7 nitrogen and oxygen atoms in total. The van der Waals surface area contributed by atoms with Crippen LogP contribution in [0.5, 0.6) is 0 Å². The van der Waals surface area contributed by atoms with Crippen LogP contribution in [0.15, 0.2) is 19.0 Å². The SMILES string of the molecule is C=CCN1CC[C@@]2(CCC1=O)CN(Cc1ncnn1CC)CCN2C. The highest BCUT2D eigenvalue weighted by Crippen LogP contribution is 2.32. The Hall–Kier alpha value is -1.73. The monoisotopic (exact) mass is 346 g/mol. The molecule has 3 heterocycles. The highest BCUT2D eigenvalue weighted by Gasteiger charge is 2.42. The number of aromatic nitrogens is 3. The summed E-state index contributed by atoms with van der Waals surface area (Å²) in [5.41, 5.74) is 0.0703. The average molecular weight is 346 g/mol. The molecule has 2 fully saturated rings. The van der Waals surface area contributed by atoms with Gasteiger partial charge in [0.25, 0.3) is 0 Å². The largest absolute Gasteiger partial charge is 0.339 e. The number of rotatable bonds is 5. The van der Waals surface area contributed by atoms with Crippen LogP contribution in [0.1, 0.15) is 32.0 Å². The summed E-state index contributed by atoms with van der Waals surface area (Å²) in [6.07, 6.45) is 6.02. The number of carbonyl (C=O) groups excluding carboxylic acids is 1. The third-order valence-corrected chi connectivity index (χ3v) is 5.79. The molecule has 1 atom stereocenters. The quantitative estimate of drug-likeness (QED) is 0.744. The molecule has 0 N–H and O–H groups in total. The van der Waals surface area contributed by atoms with Gasteiger partial charge in [-0.3, -0.25) is 14.6 Å². The minimum atomic E-state index is 0.0703. The minimum absolute atomic E-state index is 0.0703. The van der Waals surface area contributed by atoms with Gasteiger partial charge in [-0.1, -0.05) is 6.08 Å². The topological polar surface area (TPSA) is 57.5 Å². The molecule has 2 saturated heterocycles. The minimum Gasteiger partial charge on any atom is -0.339 e. The first kappa shape index (κ1) is 18.1. The molecule has 0 radical (unpaired) electrons. The van der Waals surface area contributed by atoms with Gasteiger partial charge in [0.05, 0.1) is 6.54 Å². The fourth-order valence-electron chi connectivity index (χ4n) is 4.13. The predicted octanol–water partition coefficient (Wildman–Crippen LogP) is 0.983. The fraction of sp³-hybridized carbons (Fsp3) is 0.722. The Morgan fingerprint density at radius 3 is 2.92 bits per heavy atom. The van der Waals surface area contributed by atoms with Crippen LogP contribution in [0, 0.1) is 0 Å². The van der Waals surface area contributed by atoms with Gasteiger partial charge >= 0.3 is 0 Å².